The summed E-state index contributed by atoms with van der Waals surface area (Å²) in [7, 11) is 1.54. The van der Waals surface area contributed by atoms with Crippen molar-refractivity contribution >= 4 is 23.4 Å². The summed E-state index contributed by atoms with van der Waals surface area (Å²) in [6.07, 6.45) is 0.318. The number of anilines is 2. The number of benzene rings is 1. The first-order chi connectivity index (χ1) is 9.01. The van der Waals surface area contributed by atoms with E-state index in [1.54, 1.807) is 18.2 Å². The van der Waals surface area contributed by atoms with Crippen LogP contribution in [0.25, 0.3) is 0 Å². The van der Waals surface area contributed by atoms with Crippen LogP contribution in [0.5, 0.6) is 5.75 Å². The van der Waals surface area contributed by atoms with E-state index in [0.29, 0.717) is 22.8 Å². The number of hydrogen-bond donors (Lipinski definition) is 3. The Balaban J connectivity index is 2.37. The fourth-order valence-corrected chi connectivity index (χ4v) is 2.01. The number of methoxy groups -OCH3 is 1. The van der Waals surface area contributed by atoms with Gasteiger partial charge in [0.1, 0.15) is 11.6 Å². The number of aromatic amines is 1. The lowest BCUT2D eigenvalue weighted by Crippen LogP contribution is -2.19. The Hall–Kier alpha value is -2.21. The first-order valence-corrected chi connectivity index (χ1v) is 5.85. The van der Waals surface area contributed by atoms with Crippen LogP contribution in [0.1, 0.15) is 11.1 Å². The zero-order valence-electron chi connectivity index (χ0n) is 10.2. The average molecular weight is 281 g/mol. The molecule has 2 rings (SSSR count). The summed E-state index contributed by atoms with van der Waals surface area (Å²) >= 11 is 6.02. The molecular weight excluding hydrogens is 268 g/mol. The van der Waals surface area contributed by atoms with Crippen molar-refractivity contribution in [2.24, 2.45) is 0 Å². The predicted octanol–water partition coefficient (Wildman–Crippen LogP) is 1.19. The number of H-pyrrole nitrogens is 1. The third-order valence-electron chi connectivity index (χ3n) is 2.66. The second kappa shape index (κ2) is 5.19. The molecule has 0 spiro atoms. The Labute approximate surface area is 114 Å². The summed E-state index contributed by atoms with van der Waals surface area (Å²) in [6, 6.07) is 5.25. The van der Waals surface area contributed by atoms with Crippen molar-refractivity contribution in [2.75, 3.05) is 18.6 Å². The number of halogens is 1. The molecule has 1 aromatic carbocycles. The van der Waals surface area contributed by atoms with E-state index in [2.05, 4.69) is 9.97 Å². The van der Waals surface area contributed by atoms with Gasteiger partial charge in [0.25, 0.3) is 5.56 Å². The highest BCUT2D eigenvalue weighted by atomic mass is 35.5. The number of nitrogens with one attached hydrogen (secondary N) is 1. The summed E-state index contributed by atoms with van der Waals surface area (Å²) in [4.78, 5) is 18.0. The van der Waals surface area contributed by atoms with Crippen molar-refractivity contribution in [1.82, 2.24) is 9.97 Å². The van der Waals surface area contributed by atoms with E-state index in [9.17, 15) is 4.79 Å². The molecule has 0 fully saturated rings. The van der Waals surface area contributed by atoms with Crippen molar-refractivity contribution in [2.45, 2.75) is 6.42 Å². The van der Waals surface area contributed by atoms with Crippen LogP contribution in [0.4, 0.5) is 11.8 Å². The third kappa shape index (κ3) is 2.79. The lowest BCUT2D eigenvalue weighted by Gasteiger charge is -2.07. The molecule has 0 radical (unpaired) electrons. The lowest BCUT2D eigenvalue weighted by atomic mass is 10.1. The van der Waals surface area contributed by atoms with Crippen LogP contribution in [0, 0.1) is 0 Å². The maximum atomic E-state index is 11.8. The minimum Gasteiger partial charge on any atom is -0.495 e. The molecule has 100 valence electrons. The Morgan fingerprint density at radius 2 is 2.16 bits per heavy atom. The minimum atomic E-state index is -0.350. The molecule has 0 unspecified atom stereocenters. The fraction of sp³-hybridized carbons (Fsp3) is 0.167. The van der Waals surface area contributed by atoms with E-state index in [1.807, 2.05) is 0 Å². The van der Waals surface area contributed by atoms with Gasteiger partial charge in [-0.15, -0.1) is 0 Å². The van der Waals surface area contributed by atoms with Gasteiger partial charge in [-0.05, 0) is 17.7 Å². The Morgan fingerprint density at radius 3 is 2.74 bits per heavy atom. The summed E-state index contributed by atoms with van der Waals surface area (Å²) in [5.74, 6) is 0.690. The highest BCUT2D eigenvalue weighted by Crippen LogP contribution is 2.26. The molecule has 6 nitrogen and oxygen atoms in total. The molecule has 0 aliphatic rings. The van der Waals surface area contributed by atoms with Gasteiger partial charge in [-0.25, -0.2) is 0 Å². The second-order valence-corrected chi connectivity index (χ2v) is 4.37. The largest absolute Gasteiger partial charge is 0.495 e. The van der Waals surface area contributed by atoms with E-state index >= 15 is 0 Å². The van der Waals surface area contributed by atoms with E-state index in [1.165, 1.54) is 7.11 Å². The molecule has 0 atom stereocenters. The number of nitrogens with two attached hydrogens (primary N) is 2. The van der Waals surface area contributed by atoms with Gasteiger partial charge < -0.3 is 16.2 Å². The summed E-state index contributed by atoms with van der Waals surface area (Å²) in [5, 5.41) is 0.471. The van der Waals surface area contributed by atoms with Gasteiger partial charge in [-0.2, -0.15) is 4.98 Å². The molecule has 0 saturated carbocycles. The topological polar surface area (TPSA) is 107 Å². The van der Waals surface area contributed by atoms with Crippen molar-refractivity contribution < 1.29 is 4.74 Å². The molecule has 0 amide bonds. The summed E-state index contributed by atoms with van der Waals surface area (Å²) < 4.78 is 5.06. The van der Waals surface area contributed by atoms with Crippen LogP contribution in [0.2, 0.25) is 5.02 Å². The fourth-order valence-electron chi connectivity index (χ4n) is 1.73. The third-order valence-corrected chi connectivity index (χ3v) is 2.96. The Morgan fingerprint density at radius 1 is 1.42 bits per heavy atom. The number of nitrogens with zero attached hydrogens (tertiary/aromatic N) is 1. The first-order valence-electron chi connectivity index (χ1n) is 5.48. The van der Waals surface area contributed by atoms with Gasteiger partial charge >= 0.3 is 0 Å². The van der Waals surface area contributed by atoms with E-state index in [0.717, 1.165) is 5.56 Å². The van der Waals surface area contributed by atoms with Gasteiger partial charge in [0.2, 0.25) is 5.95 Å². The molecule has 1 aromatic heterocycles. The average Bonchev–Trinajstić information content (AvgIpc) is 2.34. The van der Waals surface area contributed by atoms with Gasteiger partial charge in [0, 0.05) is 6.42 Å². The Bertz CT molecular complexity index is 669. The van der Waals surface area contributed by atoms with E-state index in [4.69, 9.17) is 27.8 Å². The molecule has 0 aliphatic carbocycles. The molecule has 2 aromatic rings. The first kappa shape index (κ1) is 13.2. The quantitative estimate of drug-likeness (QED) is 0.783. The zero-order chi connectivity index (χ0) is 14.0. The van der Waals surface area contributed by atoms with Gasteiger partial charge in [0.05, 0.1) is 17.7 Å². The predicted molar refractivity (Wildman–Crippen MR) is 74.5 cm³/mol. The van der Waals surface area contributed by atoms with E-state index in [-0.39, 0.29) is 17.3 Å². The normalized spacial score (nSPS) is 10.4. The van der Waals surface area contributed by atoms with Gasteiger partial charge in [-0.3, -0.25) is 9.78 Å². The smallest absolute Gasteiger partial charge is 0.257 e. The molecule has 0 aliphatic heterocycles. The highest BCUT2D eigenvalue weighted by Gasteiger charge is 2.10. The molecule has 0 saturated heterocycles. The molecule has 1 heterocycles. The van der Waals surface area contributed by atoms with Gasteiger partial charge in [-0.1, -0.05) is 17.7 Å². The van der Waals surface area contributed by atoms with Crippen LogP contribution in [-0.4, -0.2) is 17.1 Å². The van der Waals surface area contributed by atoms with E-state index < -0.39 is 0 Å². The number of nitrogen functional groups attached to an aromatic ring is 2. The standard InChI is InChI=1S/C12H13ClN4O2/c1-19-9-3-2-6(5-8(9)13)4-7-10(14)16-12(15)17-11(7)18/h2-3,5H,4H2,1H3,(H5,14,15,16,17,18). The molecule has 0 bridgehead atoms. The maximum absolute atomic E-state index is 11.8. The molecule has 7 heteroatoms. The lowest BCUT2D eigenvalue weighted by molar-refractivity contribution is 0.415. The minimum absolute atomic E-state index is 0.000914. The van der Waals surface area contributed by atoms with Gasteiger partial charge in [0.15, 0.2) is 0 Å². The number of hydrogen-bond acceptors (Lipinski definition) is 5. The van der Waals surface area contributed by atoms with Crippen molar-refractivity contribution in [1.29, 1.82) is 0 Å². The monoisotopic (exact) mass is 280 g/mol. The number of rotatable bonds is 3. The number of aromatic nitrogens is 2. The maximum Gasteiger partial charge on any atom is 0.257 e. The van der Waals surface area contributed by atoms with Crippen LogP contribution in [-0.2, 0) is 6.42 Å². The Kier molecular flexibility index (Phi) is 3.62. The molecular formula is C12H13ClN4O2. The molecule has 19 heavy (non-hydrogen) atoms. The van der Waals surface area contributed by atoms with Crippen LogP contribution in [0.15, 0.2) is 23.0 Å². The molecule has 5 N–H and O–H groups in total. The van der Waals surface area contributed by atoms with Crippen LogP contribution >= 0.6 is 11.6 Å². The summed E-state index contributed by atoms with van der Waals surface area (Å²) in [5.41, 5.74) is 11.9. The van der Waals surface area contributed by atoms with Crippen molar-refractivity contribution in [3.8, 4) is 5.75 Å². The number of ether oxygens (including phenoxy) is 1. The van der Waals surface area contributed by atoms with Crippen LogP contribution < -0.4 is 21.8 Å². The van der Waals surface area contributed by atoms with Crippen molar-refractivity contribution in [3.63, 3.8) is 0 Å². The SMILES string of the molecule is COc1ccc(Cc2c(N)nc(N)[nH]c2=O)cc1Cl. The van der Waals surface area contributed by atoms with Crippen molar-refractivity contribution in [3.05, 3.63) is 44.7 Å². The highest BCUT2D eigenvalue weighted by molar-refractivity contribution is 6.32. The van der Waals surface area contributed by atoms with Crippen LogP contribution in [0.3, 0.4) is 0 Å². The zero-order valence-corrected chi connectivity index (χ0v) is 11.0. The second-order valence-electron chi connectivity index (χ2n) is 3.96. The summed E-state index contributed by atoms with van der Waals surface area (Å²) in [6.45, 7) is 0.